The lowest BCUT2D eigenvalue weighted by molar-refractivity contribution is -0.122. The van der Waals surface area contributed by atoms with Gasteiger partial charge in [0.1, 0.15) is 11.2 Å². The van der Waals surface area contributed by atoms with Gasteiger partial charge in [0.05, 0.1) is 12.8 Å². The van der Waals surface area contributed by atoms with Crippen molar-refractivity contribution < 1.29 is 18.3 Å². The van der Waals surface area contributed by atoms with Crippen molar-refractivity contribution in [2.75, 3.05) is 23.8 Å². The molecule has 0 bridgehead atoms. The number of nitrogens with zero attached hydrogens (tertiary/aromatic N) is 4. The molecule has 5 rings (SSSR count). The number of aromatic nitrogens is 4. The van der Waals surface area contributed by atoms with Gasteiger partial charge in [-0.1, -0.05) is 18.5 Å². The third-order valence-corrected chi connectivity index (χ3v) is 7.31. The van der Waals surface area contributed by atoms with Crippen LogP contribution in [0.25, 0.3) is 11.2 Å². The zero-order valence-corrected chi connectivity index (χ0v) is 20.6. The number of hydrogen-bond donors (Lipinski definition) is 3. The lowest BCUT2D eigenvalue weighted by Crippen LogP contribution is -2.36. The van der Waals surface area contributed by atoms with E-state index in [4.69, 9.17) is 27.1 Å². The molecule has 1 saturated carbocycles. The normalized spacial score (nSPS) is 24.6. The van der Waals surface area contributed by atoms with E-state index in [0.29, 0.717) is 61.9 Å². The first-order valence-electron chi connectivity index (χ1n) is 12.1. The molecule has 2 aliphatic rings. The summed E-state index contributed by atoms with van der Waals surface area (Å²) < 4.78 is 36.6. The lowest BCUT2D eigenvalue weighted by Gasteiger charge is -2.30. The van der Waals surface area contributed by atoms with E-state index in [-0.39, 0.29) is 40.6 Å². The summed E-state index contributed by atoms with van der Waals surface area (Å²) in [5.74, 6) is -1.20. The summed E-state index contributed by atoms with van der Waals surface area (Å²) in [4.78, 5) is 25.4. The molecule has 3 heterocycles. The number of carbonyl (C=O) groups is 1. The SMILES string of the molecule is C[C@H]1COCCC1Nc1ncc2nc(Nc3c(F)cc(Cl)cc3F)n(C3CCC(C(N)=O)CC3)c2n1. The number of carbonyl (C=O) groups excluding carboxylic acids is 1. The predicted molar refractivity (Wildman–Crippen MR) is 132 cm³/mol. The van der Waals surface area contributed by atoms with Crippen LogP contribution in [0, 0.1) is 23.5 Å². The second-order valence-corrected chi connectivity index (χ2v) is 10.0. The monoisotopic (exact) mass is 519 g/mol. The number of amides is 1. The molecule has 1 aliphatic heterocycles. The van der Waals surface area contributed by atoms with Gasteiger partial charge in [0.25, 0.3) is 0 Å². The fourth-order valence-electron chi connectivity index (χ4n) is 5.05. The second kappa shape index (κ2) is 10.1. The van der Waals surface area contributed by atoms with Gasteiger partial charge < -0.3 is 21.1 Å². The largest absolute Gasteiger partial charge is 0.381 e. The van der Waals surface area contributed by atoms with Crippen molar-refractivity contribution >= 4 is 46.3 Å². The van der Waals surface area contributed by atoms with E-state index in [1.165, 1.54) is 0 Å². The van der Waals surface area contributed by atoms with Crippen LogP contribution in [0.1, 0.15) is 45.1 Å². The molecule has 4 N–H and O–H groups in total. The Hall–Kier alpha value is -3.05. The first kappa shape index (κ1) is 24.6. The molecule has 0 radical (unpaired) electrons. The van der Waals surface area contributed by atoms with E-state index in [1.807, 2.05) is 4.57 Å². The fourth-order valence-corrected chi connectivity index (χ4v) is 5.24. The highest BCUT2D eigenvalue weighted by Gasteiger charge is 2.30. The molecule has 1 aromatic carbocycles. The van der Waals surface area contributed by atoms with Crippen LogP contribution in [0.5, 0.6) is 0 Å². The van der Waals surface area contributed by atoms with E-state index in [9.17, 15) is 13.6 Å². The van der Waals surface area contributed by atoms with Crippen LogP contribution in [0.3, 0.4) is 0 Å². The summed E-state index contributed by atoms with van der Waals surface area (Å²) in [6.07, 6.45) is 4.93. The Morgan fingerprint density at radius 2 is 1.89 bits per heavy atom. The van der Waals surface area contributed by atoms with E-state index >= 15 is 0 Å². The summed E-state index contributed by atoms with van der Waals surface area (Å²) >= 11 is 5.79. The van der Waals surface area contributed by atoms with Gasteiger partial charge in [-0.25, -0.2) is 18.7 Å². The van der Waals surface area contributed by atoms with Crippen molar-refractivity contribution in [3.8, 4) is 0 Å². The van der Waals surface area contributed by atoms with Gasteiger partial charge in [0.15, 0.2) is 17.3 Å². The van der Waals surface area contributed by atoms with Crippen LogP contribution in [-0.2, 0) is 9.53 Å². The minimum absolute atomic E-state index is 0.0437. The predicted octanol–water partition coefficient (Wildman–Crippen LogP) is 4.56. The molecule has 1 saturated heterocycles. The van der Waals surface area contributed by atoms with Crippen LogP contribution < -0.4 is 16.4 Å². The maximum absolute atomic E-state index is 14.6. The van der Waals surface area contributed by atoms with Gasteiger partial charge in [-0.2, -0.15) is 4.98 Å². The fraction of sp³-hybridized carbons (Fsp3) is 0.500. The maximum Gasteiger partial charge on any atom is 0.224 e. The minimum Gasteiger partial charge on any atom is -0.381 e. The molecule has 1 amide bonds. The van der Waals surface area contributed by atoms with E-state index in [0.717, 1.165) is 18.6 Å². The number of anilines is 3. The van der Waals surface area contributed by atoms with Crippen molar-refractivity contribution in [2.45, 2.75) is 51.1 Å². The van der Waals surface area contributed by atoms with Crippen LogP contribution in [0.4, 0.5) is 26.4 Å². The Kier molecular flexibility index (Phi) is 6.94. The summed E-state index contributed by atoms with van der Waals surface area (Å²) in [5.41, 5.74) is 6.18. The first-order valence-corrected chi connectivity index (χ1v) is 12.5. The topological polar surface area (TPSA) is 120 Å². The number of nitrogens with two attached hydrogens (primary N) is 1. The number of hydrogen-bond acceptors (Lipinski definition) is 7. The van der Waals surface area contributed by atoms with Crippen LogP contribution in [0.2, 0.25) is 5.02 Å². The van der Waals surface area contributed by atoms with E-state index in [1.54, 1.807) is 6.20 Å². The van der Waals surface area contributed by atoms with Crippen molar-refractivity contribution in [3.05, 3.63) is 35.0 Å². The molecule has 2 fully saturated rings. The second-order valence-electron chi connectivity index (χ2n) is 9.58. The van der Waals surface area contributed by atoms with Crippen LogP contribution in [-0.4, -0.2) is 44.7 Å². The van der Waals surface area contributed by atoms with Crippen LogP contribution >= 0.6 is 11.6 Å². The number of nitrogens with one attached hydrogen (secondary N) is 2. The van der Waals surface area contributed by atoms with Gasteiger partial charge in [0, 0.05) is 29.6 Å². The number of rotatable bonds is 6. The lowest BCUT2D eigenvalue weighted by atomic mass is 9.85. The number of ether oxygens (including phenoxy) is 1. The van der Waals surface area contributed by atoms with Gasteiger partial charge in [-0.05, 0) is 50.2 Å². The Labute approximate surface area is 211 Å². The van der Waals surface area contributed by atoms with Gasteiger partial charge in [-0.3, -0.25) is 9.36 Å². The third-order valence-electron chi connectivity index (χ3n) is 7.10. The summed E-state index contributed by atoms with van der Waals surface area (Å²) in [6, 6.07) is 2.13. The Morgan fingerprint density at radius 3 is 2.56 bits per heavy atom. The molecule has 2 atom stereocenters. The third kappa shape index (κ3) is 4.94. The molecule has 12 heteroatoms. The molecule has 36 heavy (non-hydrogen) atoms. The molecule has 1 unspecified atom stereocenters. The van der Waals surface area contributed by atoms with Gasteiger partial charge in [0.2, 0.25) is 17.8 Å². The average molecular weight is 520 g/mol. The van der Waals surface area contributed by atoms with Crippen molar-refractivity contribution in [3.63, 3.8) is 0 Å². The maximum atomic E-state index is 14.6. The first-order chi connectivity index (χ1) is 17.3. The van der Waals surface area contributed by atoms with Gasteiger partial charge >= 0.3 is 0 Å². The average Bonchev–Trinajstić information content (AvgIpc) is 3.20. The summed E-state index contributed by atoms with van der Waals surface area (Å²) in [7, 11) is 0. The number of benzene rings is 1. The Balaban J connectivity index is 1.53. The molecule has 1 aliphatic carbocycles. The zero-order chi connectivity index (χ0) is 25.4. The molecular formula is C24H28ClF2N7O2. The highest BCUT2D eigenvalue weighted by Crippen LogP contribution is 2.38. The zero-order valence-electron chi connectivity index (χ0n) is 19.8. The molecule has 9 nitrogen and oxygen atoms in total. The molecule has 3 aromatic rings. The Morgan fingerprint density at radius 1 is 1.17 bits per heavy atom. The van der Waals surface area contributed by atoms with Crippen molar-refractivity contribution in [1.82, 2.24) is 19.5 Å². The van der Waals surface area contributed by atoms with Crippen molar-refractivity contribution in [2.24, 2.45) is 17.6 Å². The number of imidazole rings is 1. The molecule has 192 valence electrons. The van der Waals surface area contributed by atoms with E-state index in [2.05, 4.69) is 27.5 Å². The number of halogens is 3. The van der Waals surface area contributed by atoms with Crippen LogP contribution in [0.15, 0.2) is 18.3 Å². The summed E-state index contributed by atoms with van der Waals surface area (Å²) in [5, 5.41) is 6.17. The smallest absolute Gasteiger partial charge is 0.224 e. The number of fused-ring (bicyclic) bond motifs is 1. The van der Waals surface area contributed by atoms with Crippen molar-refractivity contribution in [1.29, 1.82) is 0 Å². The highest BCUT2D eigenvalue weighted by atomic mass is 35.5. The number of primary amides is 1. The van der Waals surface area contributed by atoms with E-state index < -0.39 is 11.6 Å². The standard InChI is InChI=1S/C24H28ClF2N7O2/c1-12-11-36-7-6-18(12)30-23-29-10-19-22(33-23)34(15-4-2-13(3-5-15)21(28)35)24(31-19)32-20-16(26)8-14(25)9-17(20)27/h8-10,12-13,15,18H,2-7,11H2,1H3,(H2,28,35)(H,31,32)(H,29,30,33)/t12-,13?,15?,18?/m0/s1. The molecule has 2 aromatic heterocycles. The molecule has 0 spiro atoms. The minimum atomic E-state index is -0.835. The Bertz CT molecular complexity index is 1260. The highest BCUT2D eigenvalue weighted by molar-refractivity contribution is 6.30. The molecular weight excluding hydrogens is 492 g/mol. The quantitative estimate of drug-likeness (QED) is 0.437. The van der Waals surface area contributed by atoms with Gasteiger partial charge in [-0.15, -0.1) is 0 Å². The summed E-state index contributed by atoms with van der Waals surface area (Å²) in [6.45, 7) is 3.43.